The highest BCUT2D eigenvalue weighted by Gasteiger charge is 2.36. The van der Waals surface area contributed by atoms with Crippen molar-refractivity contribution in [1.82, 2.24) is 0 Å². The van der Waals surface area contributed by atoms with Gasteiger partial charge in [-0.3, -0.25) is 14.4 Å². The van der Waals surface area contributed by atoms with Gasteiger partial charge in [0.1, 0.15) is 0 Å². The molecule has 0 radical (unpaired) electrons. The maximum atomic E-state index is 12.4. The van der Waals surface area contributed by atoms with E-state index in [4.69, 9.17) is 4.74 Å². The van der Waals surface area contributed by atoms with E-state index in [1.165, 1.54) is 0 Å². The summed E-state index contributed by atoms with van der Waals surface area (Å²) in [7, 11) is 0. The van der Waals surface area contributed by atoms with Gasteiger partial charge in [0.15, 0.2) is 6.61 Å². The zero-order chi connectivity index (χ0) is 20.3. The van der Waals surface area contributed by atoms with Gasteiger partial charge in [-0.2, -0.15) is 0 Å². The van der Waals surface area contributed by atoms with Crippen LogP contribution in [0.5, 0.6) is 0 Å². The largest absolute Gasteiger partial charge is 0.455 e. The van der Waals surface area contributed by atoms with Crippen LogP contribution in [0.2, 0.25) is 0 Å². The highest BCUT2D eigenvalue weighted by molar-refractivity contribution is 6.00. The van der Waals surface area contributed by atoms with Gasteiger partial charge in [0.25, 0.3) is 5.91 Å². The molecule has 1 aliphatic heterocycles. The monoisotopic (exact) mass is 380 g/mol. The average Bonchev–Trinajstić information content (AvgIpc) is 3.05. The maximum absolute atomic E-state index is 12.4. The molecular formula is C22H24N2O4. The number of anilines is 2. The van der Waals surface area contributed by atoms with Crippen LogP contribution in [0.1, 0.15) is 23.1 Å². The molecule has 1 saturated heterocycles. The molecule has 28 heavy (non-hydrogen) atoms. The van der Waals surface area contributed by atoms with E-state index >= 15 is 0 Å². The van der Waals surface area contributed by atoms with E-state index in [1.54, 1.807) is 4.90 Å². The van der Waals surface area contributed by atoms with Gasteiger partial charge in [-0.05, 0) is 43.5 Å². The second-order valence-electron chi connectivity index (χ2n) is 7.11. The molecule has 1 fully saturated rings. The van der Waals surface area contributed by atoms with Crippen LogP contribution in [0.3, 0.4) is 0 Å². The molecule has 1 atom stereocenters. The molecule has 2 amide bonds. The summed E-state index contributed by atoms with van der Waals surface area (Å²) in [6.45, 7) is 5.62. The Labute approximate surface area is 164 Å². The number of para-hydroxylation sites is 2. The number of ether oxygens (including phenoxy) is 1. The van der Waals surface area contributed by atoms with Gasteiger partial charge in [-0.25, -0.2) is 0 Å². The molecule has 146 valence electrons. The van der Waals surface area contributed by atoms with E-state index in [0.717, 1.165) is 28.1 Å². The summed E-state index contributed by atoms with van der Waals surface area (Å²) in [5.41, 5.74) is 4.38. The third-order valence-corrected chi connectivity index (χ3v) is 4.96. The third kappa shape index (κ3) is 4.22. The molecule has 1 N–H and O–H groups in total. The summed E-state index contributed by atoms with van der Waals surface area (Å²) >= 11 is 0. The lowest BCUT2D eigenvalue weighted by Crippen LogP contribution is -2.28. The molecule has 2 aromatic carbocycles. The Morgan fingerprint density at radius 2 is 1.68 bits per heavy atom. The number of carbonyl (C=O) groups is 3. The van der Waals surface area contributed by atoms with Gasteiger partial charge < -0.3 is 15.0 Å². The molecule has 0 unspecified atom stereocenters. The van der Waals surface area contributed by atoms with E-state index in [2.05, 4.69) is 5.32 Å². The number of nitrogens with one attached hydrogen (secondary N) is 1. The van der Waals surface area contributed by atoms with E-state index in [-0.39, 0.29) is 25.5 Å². The van der Waals surface area contributed by atoms with E-state index < -0.39 is 17.8 Å². The normalized spacial score (nSPS) is 16.2. The van der Waals surface area contributed by atoms with Crippen molar-refractivity contribution in [1.29, 1.82) is 0 Å². The lowest BCUT2D eigenvalue weighted by molar-refractivity contribution is -0.151. The van der Waals surface area contributed by atoms with Crippen molar-refractivity contribution in [3.8, 4) is 0 Å². The smallest absolute Gasteiger partial charge is 0.311 e. The molecule has 0 aliphatic carbocycles. The molecule has 1 aliphatic rings. The van der Waals surface area contributed by atoms with Crippen molar-refractivity contribution in [3.63, 3.8) is 0 Å². The second kappa shape index (κ2) is 8.25. The number of hydrogen-bond donors (Lipinski definition) is 1. The Balaban J connectivity index is 1.56. The molecule has 6 heteroatoms. The molecule has 0 aromatic heterocycles. The molecule has 0 spiro atoms. The maximum Gasteiger partial charge on any atom is 0.311 e. The third-order valence-electron chi connectivity index (χ3n) is 4.96. The lowest BCUT2D eigenvalue weighted by atomic mass is 10.1. The zero-order valence-corrected chi connectivity index (χ0v) is 16.3. The molecule has 0 saturated carbocycles. The Morgan fingerprint density at radius 1 is 1.04 bits per heavy atom. The van der Waals surface area contributed by atoms with Gasteiger partial charge in [0, 0.05) is 24.3 Å². The number of carbonyl (C=O) groups excluding carboxylic acids is 3. The molecule has 3 rings (SSSR count). The minimum absolute atomic E-state index is 0.0890. The molecule has 2 aromatic rings. The summed E-state index contributed by atoms with van der Waals surface area (Å²) in [5, 5.41) is 2.78. The summed E-state index contributed by atoms with van der Waals surface area (Å²) in [4.78, 5) is 38.5. The Kier molecular flexibility index (Phi) is 5.78. The van der Waals surface area contributed by atoms with Crippen LogP contribution in [0.4, 0.5) is 11.4 Å². The fraction of sp³-hybridized carbons (Fsp3) is 0.318. The molecular weight excluding hydrogens is 356 g/mol. The standard InChI is InChI=1S/C22H24N2O4/c1-14-7-4-5-10-18(14)24-12-17(11-20(24)26)22(27)28-13-19(25)23-21-15(2)8-6-9-16(21)3/h4-10,17H,11-13H2,1-3H3,(H,23,25)/t17-/m0/s1. The topological polar surface area (TPSA) is 75.7 Å². The number of nitrogens with zero attached hydrogens (tertiary/aromatic N) is 1. The first-order valence-corrected chi connectivity index (χ1v) is 9.25. The van der Waals surface area contributed by atoms with E-state index in [9.17, 15) is 14.4 Å². The first-order chi connectivity index (χ1) is 13.4. The Hall–Kier alpha value is -3.15. The van der Waals surface area contributed by atoms with Crippen molar-refractivity contribution < 1.29 is 19.1 Å². The van der Waals surface area contributed by atoms with Gasteiger partial charge >= 0.3 is 5.97 Å². The quantitative estimate of drug-likeness (QED) is 0.809. The van der Waals surface area contributed by atoms with Crippen molar-refractivity contribution in [2.75, 3.05) is 23.4 Å². The number of aryl methyl sites for hydroxylation is 3. The lowest BCUT2D eigenvalue weighted by Gasteiger charge is -2.18. The fourth-order valence-corrected chi connectivity index (χ4v) is 3.41. The van der Waals surface area contributed by atoms with Crippen LogP contribution in [-0.2, 0) is 19.1 Å². The molecule has 6 nitrogen and oxygen atoms in total. The molecule has 0 bridgehead atoms. The first kappa shape index (κ1) is 19.6. The Bertz CT molecular complexity index is 902. The number of hydrogen-bond acceptors (Lipinski definition) is 4. The average molecular weight is 380 g/mol. The van der Waals surface area contributed by atoms with Crippen LogP contribution in [0.25, 0.3) is 0 Å². The van der Waals surface area contributed by atoms with Crippen LogP contribution < -0.4 is 10.2 Å². The zero-order valence-electron chi connectivity index (χ0n) is 16.3. The van der Waals surface area contributed by atoms with Crippen LogP contribution in [0.15, 0.2) is 42.5 Å². The van der Waals surface area contributed by atoms with Gasteiger partial charge in [0.05, 0.1) is 5.92 Å². The SMILES string of the molecule is Cc1ccccc1N1C[C@@H](C(=O)OCC(=O)Nc2c(C)cccc2C)CC1=O. The summed E-state index contributed by atoms with van der Waals surface area (Å²) < 4.78 is 5.17. The van der Waals surface area contributed by atoms with Gasteiger partial charge in [0.2, 0.25) is 5.91 Å². The van der Waals surface area contributed by atoms with Crippen molar-refractivity contribution in [3.05, 3.63) is 59.2 Å². The van der Waals surface area contributed by atoms with E-state index in [0.29, 0.717) is 0 Å². The van der Waals surface area contributed by atoms with Gasteiger partial charge in [-0.15, -0.1) is 0 Å². The van der Waals surface area contributed by atoms with Crippen LogP contribution in [0, 0.1) is 26.7 Å². The van der Waals surface area contributed by atoms with Gasteiger partial charge in [-0.1, -0.05) is 36.4 Å². The predicted molar refractivity (Wildman–Crippen MR) is 107 cm³/mol. The van der Waals surface area contributed by atoms with Crippen LogP contribution >= 0.6 is 0 Å². The van der Waals surface area contributed by atoms with E-state index in [1.807, 2.05) is 63.2 Å². The number of amides is 2. The fourth-order valence-electron chi connectivity index (χ4n) is 3.41. The molecule has 1 heterocycles. The van der Waals surface area contributed by atoms with Crippen molar-refractivity contribution in [2.45, 2.75) is 27.2 Å². The highest BCUT2D eigenvalue weighted by atomic mass is 16.5. The van der Waals surface area contributed by atoms with Crippen molar-refractivity contribution >= 4 is 29.2 Å². The predicted octanol–water partition coefficient (Wildman–Crippen LogP) is 3.15. The number of rotatable bonds is 5. The Morgan fingerprint density at radius 3 is 2.36 bits per heavy atom. The van der Waals surface area contributed by atoms with Crippen LogP contribution in [-0.4, -0.2) is 30.9 Å². The van der Waals surface area contributed by atoms with Crippen molar-refractivity contribution in [2.24, 2.45) is 5.92 Å². The first-order valence-electron chi connectivity index (χ1n) is 9.25. The minimum atomic E-state index is -0.569. The summed E-state index contributed by atoms with van der Waals surface area (Å²) in [5.74, 6) is -1.61. The number of benzene rings is 2. The number of esters is 1. The highest BCUT2D eigenvalue weighted by Crippen LogP contribution is 2.28. The minimum Gasteiger partial charge on any atom is -0.455 e. The summed E-state index contributed by atoms with van der Waals surface area (Å²) in [6.07, 6.45) is 0.0890. The summed E-state index contributed by atoms with van der Waals surface area (Å²) in [6, 6.07) is 13.3. The second-order valence-corrected chi connectivity index (χ2v) is 7.11.